The number of hydrogen-bond donors (Lipinski definition) is 1. The van der Waals surface area contributed by atoms with Gasteiger partial charge in [-0.25, -0.2) is 0 Å². The van der Waals surface area contributed by atoms with Crippen molar-refractivity contribution in [3.63, 3.8) is 0 Å². The van der Waals surface area contributed by atoms with E-state index in [4.69, 9.17) is 9.47 Å². The summed E-state index contributed by atoms with van der Waals surface area (Å²) in [5.41, 5.74) is 3.33. The highest BCUT2D eigenvalue weighted by Gasteiger charge is 2.25. The molecular weight excluding hydrogens is 306 g/mol. The zero-order chi connectivity index (χ0) is 16.8. The molecule has 3 rings (SSSR count). The van der Waals surface area contributed by atoms with Crippen LogP contribution in [0.5, 0.6) is 0 Å². The molecule has 128 valence electrons. The summed E-state index contributed by atoms with van der Waals surface area (Å²) in [4.78, 5) is 11.7. The lowest BCUT2D eigenvalue weighted by molar-refractivity contribution is -0.126. The van der Waals surface area contributed by atoms with Crippen LogP contribution < -0.4 is 5.32 Å². The predicted octanol–water partition coefficient (Wildman–Crippen LogP) is 1.70. The van der Waals surface area contributed by atoms with Gasteiger partial charge in [-0.15, -0.1) is 0 Å². The van der Waals surface area contributed by atoms with Crippen molar-refractivity contribution in [2.75, 3.05) is 26.4 Å². The van der Waals surface area contributed by atoms with Gasteiger partial charge in [0.15, 0.2) is 0 Å². The lowest BCUT2D eigenvalue weighted by atomic mass is 10.1. The maximum Gasteiger partial charge on any atom is 0.246 e. The van der Waals surface area contributed by atoms with Gasteiger partial charge in [-0.2, -0.15) is 5.10 Å². The van der Waals surface area contributed by atoms with Crippen molar-refractivity contribution in [2.24, 2.45) is 0 Å². The highest BCUT2D eigenvalue weighted by Crippen LogP contribution is 2.25. The highest BCUT2D eigenvalue weighted by molar-refractivity contribution is 5.77. The van der Waals surface area contributed by atoms with Crippen LogP contribution in [0.15, 0.2) is 36.5 Å². The van der Waals surface area contributed by atoms with Crippen molar-refractivity contribution >= 4 is 5.91 Å². The molecule has 1 amide bonds. The van der Waals surface area contributed by atoms with E-state index in [1.165, 1.54) is 11.1 Å². The number of fused-ring (bicyclic) bond motifs is 1. The second-order valence-corrected chi connectivity index (χ2v) is 5.77. The Balaban J connectivity index is 1.63. The molecule has 2 aromatic rings. The van der Waals surface area contributed by atoms with Gasteiger partial charge in [0.05, 0.1) is 18.8 Å². The summed E-state index contributed by atoms with van der Waals surface area (Å²) in [5, 5.41) is 7.53. The summed E-state index contributed by atoms with van der Waals surface area (Å²) < 4.78 is 12.8. The minimum atomic E-state index is -0.198. The van der Waals surface area contributed by atoms with E-state index < -0.39 is 0 Å². The maximum absolute atomic E-state index is 11.7. The topological polar surface area (TPSA) is 65.4 Å². The van der Waals surface area contributed by atoms with Gasteiger partial charge in [-0.3, -0.25) is 9.48 Å². The Kier molecular flexibility index (Phi) is 5.61. The number of hydrogen-bond acceptors (Lipinski definition) is 4. The molecule has 1 unspecified atom stereocenters. The molecule has 24 heavy (non-hydrogen) atoms. The van der Waals surface area contributed by atoms with Crippen LogP contribution in [0.4, 0.5) is 0 Å². The van der Waals surface area contributed by atoms with Crippen molar-refractivity contribution in [3.8, 4) is 0 Å². The Bertz CT molecular complexity index is 669. The third-order valence-corrected chi connectivity index (χ3v) is 3.97. The zero-order valence-corrected chi connectivity index (χ0v) is 13.9. The van der Waals surface area contributed by atoms with E-state index in [-0.39, 0.29) is 18.6 Å². The summed E-state index contributed by atoms with van der Waals surface area (Å²) >= 11 is 0. The van der Waals surface area contributed by atoms with Gasteiger partial charge in [0.25, 0.3) is 0 Å². The van der Waals surface area contributed by atoms with E-state index >= 15 is 0 Å². The van der Waals surface area contributed by atoms with Crippen LogP contribution in [-0.4, -0.2) is 42.1 Å². The number of carbonyl (C=O) groups excluding carboxylic acids is 1. The summed E-state index contributed by atoms with van der Waals surface area (Å²) in [6.07, 6.45) is 2.74. The molecule has 0 fully saturated rings. The first-order valence-corrected chi connectivity index (χ1v) is 8.32. The van der Waals surface area contributed by atoms with Crippen LogP contribution in [0, 0.1) is 0 Å². The molecule has 1 atom stereocenters. The largest absolute Gasteiger partial charge is 0.372 e. The van der Waals surface area contributed by atoms with Crippen LogP contribution in [0.3, 0.4) is 0 Å². The van der Waals surface area contributed by atoms with Gasteiger partial charge < -0.3 is 14.8 Å². The molecule has 1 N–H and O–H groups in total. The van der Waals surface area contributed by atoms with Gasteiger partial charge in [0.1, 0.15) is 12.7 Å². The minimum absolute atomic E-state index is 0.0819. The maximum atomic E-state index is 11.7. The van der Waals surface area contributed by atoms with E-state index in [0.717, 1.165) is 18.7 Å². The molecule has 2 heterocycles. The number of nitrogens with one attached hydrogen (secondary N) is 1. The van der Waals surface area contributed by atoms with Gasteiger partial charge in [-0.1, -0.05) is 30.3 Å². The number of amides is 1. The van der Waals surface area contributed by atoms with Crippen LogP contribution >= 0.6 is 0 Å². The Morgan fingerprint density at radius 1 is 1.42 bits per heavy atom. The Hall–Kier alpha value is -2.18. The second kappa shape index (κ2) is 8.08. The molecule has 6 nitrogen and oxygen atoms in total. The van der Waals surface area contributed by atoms with Crippen LogP contribution in [-0.2, 0) is 27.2 Å². The van der Waals surface area contributed by atoms with Crippen molar-refractivity contribution < 1.29 is 14.3 Å². The van der Waals surface area contributed by atoms with Crippen LogP contribution in [0.2, 0.25) is 0 Å². The molecule has 0 bridgehead atoms. The summed E-state index contributed by atoms with van der Waals surface area (Å²) in [7, 11) is 0. The number of ether oxygens (including phenoxy) is 2. The normalized spacial score (nSPS) is 16.6. The summed E-state index contributed by atoms with van der Waals surface area (Å²) in [5.74, 6) is -0.128. The number of benzene rings is 1. The first-order chi connectivity index (χ1) is 11.8. The summed E-state index contributed by atoms with van der Waals surface area (Å²) in [6, 6.07) is 10.2. The Labute approximate surface area is 141 Å². The van der Waals surface area contributed by atoms with E-state index in [2.05, 4.69) is 28.7 Å². The Morgan fingerprint density at radius 3 is 3.04 bits per heavy atom. The number of rotatable bonds is 7. The van der Waals surface area contributed by atoms with E-state index in [0.29, 0.717) is 19.8 Å². The zero-order valence-electron chi connectivity index (χ0n) is 13.9. The lowest BCUT2D eigenvalue weighted by Crippen LogP contribution is -2.34. The molecule has 1 aliphatic heterocycles. The minimum Gasteiger partial charge on any atom is -0.372 e. The molecule has 0 saturated carbocycles. The average molecular weight is 329 g/mol. The lowest BCUT2D eigenvalue weighted by Gasteiger charge is -2.22. The quantitative estimate of drug-likeness (QED) is 0.840. The number of nitrogens with zero attached hydrogens (tertiary/aromatic N) is 2. The monoisotopic (exact) mass is 329 g/mol. The van der Waals surface area contributed by atoms with E-state index in [1.54, 1.807) is 0 Å². The van der Waals surface area contributed by atoms with E-state index in [9.17, 15) is 4.79 Å². The molecule has 0 spiro atoms. The van der Waals surface area contributed by atoms with Crippen molar-refractivity contribution in [1.82, 2.24) is 15.1 Å². The van der Waals surface area contributed by atoms with Gasteiger partial charge in [0.2, 0.25) is 5.91 Å². The van der Waals surface area contributed by atoms with Gasteiger partial charge in [-0.05, 0) is 24.5 Å². The van der Waals surface area contributed by atoms with Crippen molar-refractivity contribution in [1.29, 1.82) is 0 Å². The average Bonchev–Trinajstić information content (AvgIpc) is 3.02. The third-order valence-electron chi connectivity index (χ3n) is 3.97. The van der Waals surface area contributed by atoms with Crippen molar-refractivity contribution in [2.45, 2.75) is 26.0 Å². The molecule has 1 aromatic carbocycles. The first kappa shape index (κ1) is 16.7. The van der Waals surface area contributed by atoms with Crippen LogP contribution in [0.1, 0.15) is 29.8 Å². The van der Waals surface area contributed by atoms with Crippen LogP contribution in [0.25, 0.3) is 0 Å². The smallest absolute Gasteiger partial charge is 0.246 e. The third kappa shape index (κ3) is 4.21. The SMILES string of the molecule is CCOCC(=O)NCC1OCCc2cn(Cc3ccccc3)nc21. The molecule has 0 saturated heterocycles. The fourth-order valence-corrected chi connectivity index (χ4v) is 2.79. The Morgan fingerprint density at radius 2 is 2.25 bits per heavy atom. The standard InChI is InChI=1S/C18H23N3O3/c1-2-23-13-17(22)19-10-16-18-15(8-9-24-16)12-21(20-18)11-14-6-4-3-5-7-14/h3-7,12,16H,2,8-11,13H2,1H3,(H,19,22). The fourth-order valence-electron chi connectivity index (χ4n) is 2.79. The molecule has 1 aromatic heterocycles. The van der Waals surface area contributed by atoms with E-state index in [1.807, 2.05) is 29.8 Å². The highest BCUT2D eigenvalue weighted by atomic mass is 16.5. The van der Waals surface area contributed by atoms with Gasteiger partial charge in [0, 0.05) is 19.3 Å². The van der Waals surface area contributed by atoms with Gasteiger partial charge >= 0.3 is 0 Å². The summed E-state index contributed by atoms with van der Waals surface area (Å²) in [6.45, 7) is 4.28. The second-order valence-electron chi connectivity index (χ2n) is 5.77. The first-order valence-electron chi connectivity index (χ1n) is 8.32. The predicted molar refractivity (Wildman–Crippen MR) is 89.7 cm³/mol. The number of aromatic nitrogens is 2. The number of carbonyl (C=O) groups is 1. The molecule has 1 aliphatic rings. The molecule has 6 heteroatoms. The molecular formula is C18H23N3O3. The van der Waals surface area contributed by atoms with Crippen molar-refractivity contribution in [3.05, 3.63) is 53.3 Å². The fraction of sp³-hybridized carbons (Fsp3) is 0.444. The molecule has 0 radical (unpaired) electrons. The molecule has 0 aliphatic carbocycles.